The zero-order valence-electron chi connectivity index (χ0n) is 12.0. The Balaban J connectivity index is 2.09. The lowest BCUT2D eigenvalue weighted by atomic mass is 9.87. The van der Waals surface area contributed by atoms with Crippen molar-refractivity contribution in [3.63, 3.8) is 0 Å². The molecular weight excluding hydrogens is 248 g/mol. The second-order valence-electron chi connectivity index (χ2n) is 5.65. The molecule has 20 heavy (non-hydrogen) atoms. The van der Waals surface area contributed by atoms with Gasteiger partial charge in [-0.15, -0.1) is 0 Å². The Morgan fingerprint density at radius 1 is 1.35 bits per heavy atom. The molecule has 0 aliphatic heterocycles. The second-order valence-corrected chi connectivity index (χ2v) is 5.65. The zero-order chi connectivity index (χ0) is 14.4. The van der Waals surface area contributed by atoms with Gasteiger partial charge in [0.05, 0.1) is 6.07 Å². The predicted molar refractivity (Wildman–Crippen MR) is 81.2 cm³/mol. The Morgan fingerprint density at radius 3 is 2.90 bits per heavy atom. The van der Waals surface area contributed by atoms with E-state index in [9.17, 15) is 0 Å². The van der Waals surface area contributed by atoms with Crippen LogP contribution in [0.5, 0.6) is 0 Å². The third kappa shape index (κ3) is 3.61. The summed E-state index contributed by atoms with van der Waals surface area (Å²) in [5.41, 5.74) is 2.44. The second kappa shape index (κ2) is 7.12. The molecule has 0 aliphatic rings. The van der Waals surface area contributed by atoms with Crippen molar-refractivity contribution in [2.45, 2.75) is 32.6 Å². The quantitative estimate of drug-likeness (QED) is 0.806. The van der Waals surface area contributed by atoms with Crippen LogP contribution in [0.25, 0.3) is 10.9 Å². The molecule has 0 amide bonds. The average molecular weight is 270 g/mol. The molecule has 2 rings (SSSR count). The molecule has 0 saturated carbocycles. The summed E-state index contributed by atoms with van der Waals surface area (Å²) < 4.78 is 0. The van der Waals surface area contributed by atoms with Gasteiger partial charge in [0.2, 0.25) is 0 Å². The van der Waals surface area contributed by atoms with Crippen molar-refractivity contribution in [1.82, 2.24) is 4.98 Å². The fourth-order valence-electron chi connectivity index (χ4n) is 2.89. The van der Waals surface area contributed by atoms with Crippen LogP contribution in [0.4, 0.5) is 0 Å². The highest BCUT2D eigenvalue weighted by atomic mass is 16.3. The molecule has 106 valence electrons. The van der Waals surface area contributed by atoms with E-state index in [1.54, 1.807) is 0 Å². The van der Waals surface area contributed by atoms with Crippen LogP contribution in [-0.2, 0) is 6.42 Å². The summed E-state index contributed by atoms with van der Waals surface area (Å²) in [5.74, 6) is 0.823. The number of fused-ring (bicyclic) bond motifs is 1. The van der Waals surface area contributed by atoms with Gasteiger partial charge >= 0.3 is 0 Å². The number of rotatable bonds is 7. The molecular formula is C17H22N2O. The average Bonchev–Trinajstić information content (AvgIpc) is 2.83. The first-order valence-electron chi connectivity index (χ1n) is 7.27. The molecule has 3 heteroatoms. The lowest BCUT2D eigenvalue weighted by molar-refractivity contribution is 0.246. The number of aliphatic hydroxyl groups is 1. The number of nitrogens with zero attached hydrogens (tertiary/aromatic N) is 1. The third-order valence-electron chi connectivity index (χ3n) is 3.92. The van der Waals surface area contributed by atoms with Gasteiger partial charge in [0.25, 0.3) is 0 Å². The summed E-state index contributed by atoms with van der Waals surface area (Å²) in [6.07, 6.45) is 5.37. The smallest absolute Gasteiger partial charge is 0.0624 e. The molecule has 0 radical (unpaired) electrons. The minimum atomic E-state index is 0.230. The molecule has 0 spiro atoms. The fourth-order valence-corrected chi connectivity index (χ4v) is 2.89. The van der Waals surface area contributed by atoms with Crippen LogP contribution in [0, 0.1) is 23.2 Å². The maximum Gasteiger partial charge on any atom is 0.0624 e. The SMILES string of the molecule is CC(CCO)CC(CC#N)Cc1c[nH]c2ccccc12. The van der Waals surface area contributed by atoms with Gasteiger partial charge in [-0.1, -0.05) is 25.1 Å². The molecule has 2 N–H and O–H groups in total. The number of para-hydroxylation sites is 1. The van der Waals surface area contributed by atoms with Crippen molar-refractivity contribution in [1.29, 1.82) is 5.26 Å². The normalized spacial score (nSPS) is 14.1. The van der Waals surface area contributed by atoms with Crippen LogP contribution < -0.4 is 0 Å². The van der Waals surface area contributed by atoms with Gasteiger partial charge in [-0.2, -0.15) is 5.26 Å². The zero-order valence-corrected chi connectivity index (χ0v) is 12.0. The molecule has 0 bridgehead atoms. The molecule has 2 atom stereocenters. The molecule has 0 aliphatic carbocycles. The topological polar surface area (TPSA) is 59.8 Å². The van der Waals surface area contributed by atoms with E-state index < -0.39 is 0 Å². The first-order valence-corrected chi connectivity index (χ1v) is 7.27. The largest absolute Gasteiger partial charge is 0.396 e. The lowest BCUT2D eigenvalue weighted by Gasteiger charge is -2.18. The predicted octanol–water partition coefficient (Wildman–Crippen LogP) is 3.65. The highest BCUT2D eigenvalue weighted by molar-refractivity contribution is 5.83. The fraction of sp³-hybridized carbons (Fsp3) is 0.471. The molecule has 1 aromatic carbocycles. The number of aromatic nitrogens is 1. The molecule has 1 heterocycles. The van der Waals surface area contributed by atoms with Crippen LogP contribution in [0.15, 0.2) is 30.5 Å². The highest BCUT2D eigenvalue weighted by Gasteiger charge is 2.15. The number of H-pyrrole nitrogens is 1. The summed E-state index contributed by atoms with van der Waals surface area (Å²) in [4.78, 5) is 3.29. The Kier molecular flexibility index (Phi) is 5.20. The number of nitriles is 1. The van der Waals surface area contributed by atoms with E-state index >= 15 is 0 Å². The van der Waals surface area contributed by atoms with E-state index in [-0.39, 0.29) is 6.61 Å². The maximum absolute atomic E-state index is 9.01. The van der Waals surface area contributed by atoms with Gasteiger partial charge in [0, 0.05) is 30.1 Å². The first-order chi connectivity index (χ1) is 9.74. The number of hydrogen-bond donors (Lipinski definition) is 2. The highest BCUT2D eigenvalue weighted by Crippen LogP contribution is 2.26. The minimum Gasteiger partial charge on any atom is -0.396 e. The molecule has 1 aromatic heterocycles. The molecule has 2 unspecified atom stereocenters. The van der Waals surface area contributed by atoms with Gasteiger partial charge in [-0.3, -0.25) is 0 Å². The minimum absolute atomic E-state index is 0.230. The van der Waals surface area contributed by atoms with Gasteiger partial charge in [0.1, 0.15) is 0 Å². The summed E-state index contributed by atoms with van der Waals surface area (Å²) in [6, 6.07) is 10.6. The lowest BCUT2D eigenvalue weighted by Crippen LogP contribution is -2.10. The van der Waals surface area contributed by atoms with Crippen molar-refractivity contribution in [2.75, 3.05) is 6.61 Å². The molecule has 0 saturated heterocycles. The van der Waals surface area contributed by atoms with E-state index in [4.69, 9.17) is 10.4 Å². The van der Waals surface area contributed by atoms with Gasteiger partial charge in [-0.25, -0.2) is 0 Å². The molecule has 3 nitrogen and oxygen atoms in total. The monoisotopic (exact) mass is 270 g/mol. The van der Waals surface area contributed by atoms with E-state index in [1.165, 1.54) is 10.9 Å². The van der Waals surface area contributed by atoms with Gasteiger partial charge < -0.3 is 10.1 Å². The summed E-state index contributed by atoms with van der Waals surface area (Å²) in [7, 11) is 0. The Labute approximate surface area is 120 Å². The van der Waals surface area contributed by atoms with Crippen molar-refractivity contribution in [3.8, 4) is 6.07 Å². The van der Waals surface area contributed by atoms with Crippen LogP contribution in [0.1, 0.15) is 31.7 Å². The maximum atomic E-state index is 9.01. The summed E-state index contributed by atoms with van der Waals surface area (Å²) in [5, 5.41) is 19.3. The number of hydrogen-bond acceptors (Lipinski definition) is 2. The van der Waals surface area contributed by atoms with Crippen LogP contribution in [-0.4, -0.2) is 16.7 Å². The Morgan fingerprint density at radius 2 is 2.15 bits per heavy atom. The summed E-state index contributed by atoms with van der Waals surface area (Å²) >= 11 is 0. The molecule has 0 fully saturated rings. The Bertz CT molecular complexity index is 582. The van der Waals surface area contributed by atoms with Crippen molar-refractivity contribution in [2.24, 2.45) is 11.8 Å². The van der Waals surface area contributed by atoms with Crippen LogP contribution in [0.3, 0.4) is 0 Å². The van der Waals surface area contributed by atoms with Crippen LogP contribution in [0.2, 0.25) is 0 Å². The van der Waals surface area contributed by atoms with E-state index in [2.05, 4.69) is 36.3 Å². The number of nitrogens with one attached hydrogen (secondary N) is 1. The first kappa shape index (κ1) is 14.6. The third-order valence-corrected chi connectivity index (χ3v) is 3.92. The van der Waals surface area contributed by atoms with Gasteiger partial charge in [-0.05, 0) is 42.7 Å². The Hall–Kier alpha value is -1.79. The van der Waals surface area contributed by atoms with Crippen molar-refractivity contribution < 1.29 is 5.11 Å². The number of aliphatic hydroxyl groups excluding tert-OH is 1. The van der Waals surface area contributed by atoms with Crippen molar-refractivity contribution in [3.05, 3.63) is 36.0 Å². The van der Waals surface area contributed by atoms with Crippen molar-refractivity contribution >= 4 is 10.9 Å². The summed E-state index contributed by atoms with van der Waals surface area (Å²) in [6.45, 7) is 2.38. The molecule has 2 aromatic rings. The van der Waals surface area contributed by atoms with Gasteiger partial charge in [0.15, 0.2) is 0 Å². The number of benzene rings is 1. The van der Waals surface area contributed by atoms with E-state index in [1.807, 2.05) is 12.1 Å². The van der Waals surface area contributed by atoms with E-state index in [0.717, 1.165) is 24.8 Å². The number of aromatic amines is 1. The standard InChI is InChI=1S/C17H22N2O/c1-13(7-9-20)10-14(6-8-18)11-15-12-19-17-5-3-2-4-16(15)17/h2-5,12-14,19-20H,6-7,9-11H2,1H3. The van der Waals surface area contributed by atoms with E-state index in [0.29, 0.717) is 18.3 Å². The van der Waals surface area contributed by atoms with Crippen LogP contribution >= 0.6 is 0 Å².